The zero-order chi connectivity index (χ0) is 27.6. The molecule has 1 unspecified atom stereocenters. The van der Waals surface area contributed by atoms with Crippen molar-refractivity contribution >= 4 is 5.97 Å². The molecule has 1 fully saturated rings. The van der Waals surface area contributed by atoms with Crippen molar-refractivity contribution in [2.24, 2.45) is 0 Å². The third-order valence-electron chi connectivity index (χ3n) is 8.60. The van der Waals surface area contributed by atoms with Crippen molar-refractivity contribution in [2.45, 2.75) is 64.6 Å². The summed E-state index contributed by atoms with van der Waals surface area (Å²) in [7, 11) is 1.69. The Labute approximate surface area is 235 Å². The summed E-state index contributed by atoms with van der Waals surface area (Å²) in [4.78, 5) is 14.0. The average Bonchev–Trinajstić information content (AvgIpc) is 3.48. The largest absolute Gasteiger partial charge is 0.496 e. The fraction of sp³-hybridized carbons (Fsp3) is 0.424. The molecule has 1 saturated heterocycles. The first-order valence-electron chi connectivity index (χ1n) is 14.3. The molecule has 7 nitrogen and oxygen atoms in total. The molecule has 2 heterocycles. The molecule has 6 rings (SSSR count). The van der Waals surface area contributed by atoms with Crippen LogP contribution < -0.4 is 18.9 Å². The highest BCUT2D eigenvalue weighted by Crippen LogP contribution is 2.41. The van der Waals surface area contributed by atoms with Crippen LogP contribution in [0.1, 0.15) is 53.5 Å². The lowest BCUT2D eigenvalue weighted by atomic mass is 9.96. The zero-order valence-corrected chi connectivity index (χ0v) is 23.3. The lowest BCUT2D eigenvalue weighted by Gasteiger charge is -2.34. The maximum Gasteiger partial charge on any atom is 0.320 e. The van der Waals surface area contributed by atoms with E-state index in [0.29, 0.717) is 32.8 Å². The second kappa shape index (κ2) is 11.4. The third kappa shape index (κ3) is 5.10. The van der Waals surface area contributed by atoms with Crippen LogP contribution in [0, 0.1) is 6.92 Å². The molecular weight excluding hydrogens is 506 g/mol. The number of carboxylic acid groups (broad SMARTS) is 1. The summed E-state index contributed by atoms with van der Waals surface area (Å²) in [6.07, 6.45) is 5.67. The van der Waals surface area contributed by atoms with Gasteiger partial charge in [-0.25, -0.2) is 0 Å². The van der Waals surface area contributed by atoms with Crippen LogP contribution in [-0.4, -0.2) is 48.9 Å². The Morgan fingerprint density at radius 3 is 2.65 bits per heavy atom. The molecule has 1 atom stereocenters. The van der Waals surface area contributed by atoms with Gasteiger partial charge in [0.2, 0.25) is 0 Å². The highest BCUT2D eigenvalue weighted by molar-refractivity contribution is 5.74. The number of methoxy groups -OCH3 is 1. The Balaban J connectivity index is 1.25. The highest BCUT2D eigenvalue weighted by atomic mass is 16.6. The van der Waals surface area contributed by atoms with Gasteiger partial charge in [0.1, 0.15) is 37.4 Å². The van der Waals surface area contributed by atoms with E-state index in [2.05, 4.69) is 42.2 Å². The molecule has 0 spiro atoms. The summed E-state index contributed by atoms with van der Waals surface area (Å²) >= 11 is 0. The van der Waals surface area contributed by atoms with E-state index in [1.807, 2.05) is 12.1 Å². The standard InChI is InChI=1S/C33H37NO6/c1-21-23(7-5-8-24(21)22-12-13-29-32(17-22)39-16-15-38-29)20-40-31-18-30(37-2)27(25-9-6-10-26(25)31)19-34-14-4-3-11-28(34)33(35)36/h5,7-8,12-13,17-18,28H,3-4,6,9-11,14-16,19-20H2,1-2H3,(H,35,36). The second-order valence-electron chi connectivity index (χ2n) is 10.9. The summed E-state index contributed by atoms with van der Waals surface area (Å²) in [6.45, 7) is 5.12. The number of benzene rings is 3. The number of rotatable bonds is 8. The first-order valence-corrected chi connectivity index (χ1v) is 14.3. The predicted octanol–water partition coefficient (Wildman–Crippen LogP) is 5.95. The van der Waals surface area contributed by atoms with Gasteiger partial charge in [0.05, 0.1) is 7.11 Å². The molecule has 3 aromatic carbocycles. The summed E-state index contributed by atoms with van der Waals surface area (Å²) in [5.74, 6) is 2.49. The van der Waals surface area contributed by atoms with Crippen LogP contribution in [0.3, 0.4) is 0 Å². The molecule has 3 aromatic rings. The number of carboxylic acids is 1. The van der Waals surface area contributed by atoms with Gasteiger partial charge >= 0.3 is 5.97 Å². The first kappa shape index (κ1) is 26.5. The topological polar surface area (TPSA) is 77.5 Å². The van der Waals surface area contributed by atoms with Crippen LogP contribution >= 0.6 is 0 Å². The van der Waals surface area contributed by atoms with Crippen molar-refractivity contribution in [3.8, 4) is 34.1 Å². The van der Waals surface area contributed by atoms with E-state index < -0.39 is 12.0 Å². The summed E-state index contributed by atoms with van der Waals surface area (Å²) < 4.78 is 23.9. The van der Waals surface area contributed by atoms with E-state index in [0.717, 1.165) is 83.9 Å². The molecule has 7 heteroatoms. The number of nitrogens with zero attached hydrogens (tertiary/aromatic N) is 1. The molecule has 210 valence electrons. The minimum Gasteiger partial charge on any atom is -0.496 e. The van der Waals surface area contributed by atoms with Crippen LogP contribution in [0.2, 0.25) is 0 Å². The molecular formula is C33H37NO6. The van der Waals surface area contributed by atoms with Crippen LogP contribution in [0.4, 0.5) is 0 Å². The summed E-state index contributed by atoms with van der Waals surface area (Å²) in [5.41, 5.74) is 8.15. The zero-order valence-electron chi connectivity index (χ0n) is 23.3. The van der Waals surface area contributed by atoms with Crippen LogP contribution in [0.25, 0.3) is 11.1 Å². The van der Waals surface area contributed by atoms with E-state index >= 15 is 0 Å². The van der Waals surface area contributed by atoms with Gasteiger partial charge in [0, 0.05) is 18.2 Å². The molecule has 3 aliphatic rings. The monoisotopic (exact) mass is 543 g/mol. The number of fused-ring (bicyclic) bond motifs is 2. The normalized spacial score (nSPS) is 18.3. The van der Waals surface area contributed by atoms with Crippen molar-refractivity contribution in [1.82, 2.24) is 4.90 Å². The summed E-state index contributed by atoms with van der Waals surface area (Å²) in [6, 6.07) is 14.0. The van der Waals surface area contributed by atoms with Gasteiger partial charge in [-0.15, -0.1) is 0 Å². The number of hydrogen-bond acceptors (Lipinski definition) is 6. The van der Waals surface area contributed by atoms with Crippen LogP contribution in [0.15, 0.2) is 42.5 Å². The average molecular weight is 544 g/mol. The molecule has 0 bridgehead atoms. The molecule has 40 heavy (non-hydrogen) atoms. The van der Waals surface area contributed by atoms with E-state index in [1.54, 1.807) is 7.11 Å². The Morgan fingerprint density at radius 1 is 1.00 bits per heavy atom. The molecule has 2 aliphatic heterocycles. The molecule has 0 amide bonds. The minimum atomic E-state index is -0.732. The fourth-order valence-electron chi connectivity index (χ4n) is 6.46. The van der Waals surface area contributed by atoms with Gasteiger partial charge in [0.15, 0.2) is 11.5 Å². The number of carbonyl (C=O) groups is 1. The minimum absolute atomic E-state index is 0.434. The van der Waals surface area contributed by atoms with Gasteiger partial charge < -0.3 is 24.1 Å². The Hall–Kier alpha value is -3.71. The lowest BCUT2D eigenvalue weighted by Crippen LogP contribution is -2.44. The Morgan fingerprint density at radius 2 is 1.82 bits per heavy atom. The fourth-order valence-corrected chi connectivity index (χ4v) is 6.46. The van der Waals surface area contributed by atoms with Gasteiger partial charge in [-0.2, -0.15) is 0 Å². The van der Waals surface area contributed by atoms with Crippen molar-refractivity contribution < 1.29 is 28.8 Å². The first-order chi connectivity index (χ1) is 19.5. The molecule has 0 saturated carbocycles. The molecule has 1 aliphatic carbocycles. The quantitative estimate of drug-likeness (QED) is 0.376. The van der Waals surface area contributed by atoms with E-state index in [1.165, 1.54) is 16.7 Å². The van der Waals surface area contributed by atoms with Crippen molar-refractivity contribution in [1.29, 1.82) is 0 Å². The summed E-state index contributed by atoms with van der Waals surface area (Å²) in [5, 5.41) is 9.79. The molecule has 1 N–H and O–H groups in total. The van der Waals surface area contributed by atoms with Gasteiger partial charge in [0.25, 0.3) is 0 Å². The third-order valence-corrected chi connectivity index (χ3v) is 8.60. The maximum atomic E-state index is 11.9. The molecule has 0 aromatic heterocycles. The van der Waals surface area contributed by atoms with E-state index in [-0.39, 0.29) is 0 Å². The smallest absolute Gasteiger partial charge is 0.320 e. The Bertz CT molecular complexity index is 1420. The van der Waals surface area contributed by atoms with Gasteiger partial charge in [-0.05, 0) is 91.1 Å². The predicted molar refractivity (Wildman–Crippen MR) is 153 cm³/mol. The van der Waals surface area contributed by atoms with Gasteiger partial charge in [-0.1, -0.05) is 30.7 Å². The Kier molecular flexibility index (Phi) is 7.57. The number of hydrogen-bond donors (Lipinski definition) is 1. The van der Waals surface area contributed by atoms with Crippen LogP contribution in [-0.2, 0) is 30.8 Å². The number of aliphatic carboxylic acids is 1. The second-order valence-corrected chi connectivity index (χ2v) is 10.9. The molecule has 0 radical (unpaired) electrons. The maximum absolute atomic E-state index is 11.9. The van der Waals surface area contributed by atoms with Gasteiger partial charge in [-0.3, -0.25) is 9.69 Å². The van der Waals surface area contributed by atoms with Crippen molar-refractivity contribution in [2.75, 3.05) is 26.9 Å². The van der Waals surface area contributed by atoms with Crippen LogP contribution in [0.5, 0.6) is 23.0 Å². The SMILES string of the molecule is COc1cc(OCc2cccc(-c3ccc4c(c3)OCCO4)c2C)c2c(c1CN1CCCCC1C(=O)O)CCC2. The number of likely N-dealkylation sites (tertiary alicyclic amines) is 1. The number of ether oxygens (including phenoxy) is 4. The highest BCUT2D eigenvalue weighted by Gasteiger charge is 2.31. The number of piperidine rings is 1. The lowest BCUT2D eigenvalue weighted by molar-refractivity contribution is -0.144. The van der Waals surface area contributed by atoms with Crippen molar-refractivity contribution in [3.63, 3.8) is 0 Å². The van der Waals surface area contributed by atoms with E-state index in [9.17, 15) is 9.90 Å². The van der Waals surface area contributed by atoms with E-state index in [4.69, 9.17) is 18.9 Å². The van der Waals surface area contributed by atoms with Crippen molar-refractivity contribution in [3.05, 3.63) is 70.3 Å².